The summed E-state index contributed by atoms with van der Waals surface area (Å²) in [5, 5.41) is 9.03. The van der Waals surface area contributed by atoms with Gasteiger partial charge in [-0.1, -0.05) is 19.9 Å². The van der Waals surface area contributed by atoms with E-state index in [9.17, 15) is 18.0 Å². The van der Waals surface area contributed by atoms with Crippen molar-refractivity contribution in [2.24, 2.45) is 4.99 Å². The Bertz CT molecular complexity index is 958. The van der Waals surface area contributed by atoms with Crippen molar-refractivity contribution < 1.29 is 22.7 Å². The fourth-order valence-electron chi connectivity index (χ4n) is 3.08. The van der Waals surface area contributed by atoms with Crippen LogP contribution in [0.15, 0.2) is 47.5 Å². The first-order valence-electron chi connectivity index (χ1n) is 10.0. The molecule has 31 heavy (non-hydrogen) atoms. The molecule has 1 aliphatic heterocycles. The predicted octanol–water partition coefficient (Wildman–Crippen LogP) is 4.57. The van der Waals surface area contributed by atoms with Gasteiger partial charge in [0.1, 0.15) is 5.75 Å². The average molecular weight is 434 g/mol. The van der Waals surface area contributed by atoms with Gasteiger partial charge in [0, 0.05) is 36.1 Å². The monoisotopic (exact) mass is 434 g/mol. The number of amides is 1. The van der Waals surface area contributed by atoms with Gasteiger partial charge in [-0.05, 0) is 48.2 Å². The van der Waals surface area contributed by atoms with E-state index in [1.165, 1.54) is 12.1 Å². The van der Waals surface area contributed by atoms with Crippen LogP contribution < -0.4 is 20.7 Å². The van der Waals surface area contributed by atoms with Crippen LogP contribution in [0, 0.1) is 0 Å². The Morgan fingerprint density at radius 2 is 2.03 bits per heavy atom. The van der Waals surface area contributed by atoms with Gasteiger partial charge >= 0.3 is 6.18 Å². The summed E-state index contributed by atoms with van der Waals surface area (Å²) in [6, 6.07) is 11.6. The van der Waals surface area contributed by atoms with Gasteiger partial charge in [0.25, 0.3) is 5.91 Å². The minimum atomic E-state index is -4.40. The summed E-state index contributed by atoms with van der Waals surface area (Å²) in [6.07, 6.45) is -3.47. The van der Waals surface area contributed by atoms with Crippen LogP contribution in [-0.2, 0) is 0 Å². The zero-order chi connectivity index (χ0) is 22.4. The summed E-state index contributed by atoms with van der Waals surface area (Å²) in [5.41, 5.74) is 2.73. The number of ether oxygens (including phenoxy) is 1. The molecule has 9 heteroatoms. The fourth-order valence-corrected chi connectivity index (χ4v) is 3.08. The highest BCUT2D eigenvalue weighted by Gasteiger charge is 2.28. The number of hydrogen-bond donors (Lipinski definition) is 3. The number of alkyl halides is 3. The van der Waals surface area contributed by atoms with Crippen molar-refractivity contribution in [2.75, 3.05) is 25.0 Å². The van der Waals surface area contributed by atoms with Crippen LogP contribution in [0.1, 0.15) is 42.1 Å². The first kappa shape index (κ1) is 22.5. The van der Waals surface area contributed by atoms with Crippen LogP contribution >= 0.6 is 0 Å². The first-order valence-corrected chi connectivity index (χ1v) is 10.0. The number of rotatable bonds is 6. The second-order valence-electron chi connectivity index (χ2n) is 7.48. The van der Waals surface area contributed by atoms with Crippen LogP contribution in [0.2, 0.25) is 0 Å². The van der Waals surface area contributed by atoms with E-state index in [-0.39, 0.29) is 17.6 Å². The molecule has 0 saturated heterocycles. The van der Waals surface area contributed by atoms with Crippen molar-refractivity contribution in [3.63, 3.8) is 0 Å². The van der Waals surface area contributed by atoms with Crippen LogP contribution in [-0.4, -0.2) is 37.7 Å². The number of carbonyl (C=O) groups is 1. The maximum atomic E-state index is 12.6. The summed E-state index contributed by atoms with van der Waals surface area (Å²) in [4.78, 5) is 16.8. The third-order valence-electron chi connectivity index (χ3n) is 4.58. The zero-order valence-corrected chi connectivity index (χ0v) is 17.3. The van der Waals surface area contributed by atoms with Gasteiger partial charge in [-0.15, -0.1) is 0 Å². The Hall–Kier alpha value is -3.23. The number of aliphatic imine (C=N–C) groups is 1. The molecule has 0 fully saturated rings. The quantitative estimate of drug-likeness (QED) is 0.623. The van der Waals surface area contributed by atoms with E-state index in [2.05, 4.69) is 20.9 Å². The van der Waals surface area contributed by atoms with Gasteiger partial charge in [0.15, 0.2) is 12.6 Å². The van der Waals surface area contributed by atoms with E-state index in [1.54, 1.807) is 30.3 Å². The Morgan fingerprint density at radius 3 is 2.71 bits per heavy atom. The van der Waals surface area contributed by atoms with Crippen LogP contribution in [0.3, 0.4) is 0 Å². The number of nitrogens with one attached hydrogen (secondary N) is 3. The third kappa shape index (κ3) is 6.63. The Kier molecular flexibility index (Phi) is 7.04. The molecule has 0 spiro atoms. The molecule has 1 amide bonds. The molecule has 0 aromatic heterocycles. The van der Waals surface area contributed by atoms with Crippen LogP contribution in [0.4, 0.5) is 24.5 Å². The second kappa shape index (κ2) is 9.72. The Labute approximate surface area is 178 Å². The molecular weight excluding hydrogens is 409 g/mol. The molecule has 2 aromatic rings. The van der Waals surface area contributed by atoms with E-state index in [4.69, 9.17) is 4.74 Å². The maximum absolute atomic E-state index is 12.6. The minimum absolute atomic E-state index is 0.102. The fraction of sp³-hybridized carbons (Fsp3) is 0.364. The maximum Gasteiger partial charge on any atom is 0.422 e. The first-order chi connectivity index (χ1) is 14.7. The molecule has 166 valence electrons. The van der Waals surface area contributed by atoms with Crippen molar-refractivity contribution in [1.29, 1.82) is 0 Å². The lowest BCUT2D eigenvalue weighted by Gasteiger charge is -2.18. The molecule has 0 bridgehead atoms. The zero-order valence-electron chi connectivity index (χ0n) is 17.3. The molecule has 1 aliphatic rings. The van der Waals surface area contributed by atoms with Gasteiger partial charge in [-0.25, -0.2) is 0 Å². The lowest BCUT2D eigenvalue weighted by Crippen LogP contribution is -2.43. The van der Waals surface area contributed by atoms with Crippen LogP contribution in [0.25, 0.3) is 0 Å². The van der Waals surface area contributed by atoms with E-state index < -0.39 is 12.8 Å². The molecule has 6 nitrogen and oxygen atoms in total. The Balaban J connectivity index is 1.76. The van der Waals surface area contributed by atoms with Gasteiger partial charge in [-0.3, -0.25) is 15.1 Å². The topological polar surface area (TPSA) is 74.8 Å². The van der Waals surface area contributed by atoms with E-state index >= 15 is 0 Å². The normalized spacial score (nSPS) is 13.9. The van der Waals surface area contributed by atoms with Gasteiger partial charge in [0.05, 0.1) is 0 Å². The van der Waals surface area contributed by atoms with E-state index in [1.807, 2.05) is 13.8 Å². The standard InChI is InChI=1S/C22H25F3N4O2/c1-14(2)18-11-15(20(30)29-21-26-9-4-10-27-21)7-8-19(18)28-16-5-3-6-17(12-16)31-13-22(23,24)25/h3,5-8,11-12,14,28H,4,9-10,13H2,1-2H3,(H2,26,27,29,30). The number of carbonyl (C=O) groups excluding carboxylic acids is 1. The van der Waals surface area contributed by atoms with Crippen molar-refractivity contribution in [1.82, 2.24) is 10.6 Å². The van der Waals surface area contributed by atoms with Crippen molar-refractivity contribution in [2.45, 2.75) is 32.4 Å². The highest BCUT2D eigenvalue weighted by Crippen LogP contribution is 2.30. The summed E-state index contributed by atoms with van der Waals surface area (Å²) in [5.74, 6) is 0.430. The lowest BCUT2D eigenvalue weighted by molar-refractivity contribution is -0.153. The van der Waals surface area contributed by atoms with Gasteiger partial charge < -0.3 is 15.4 Å². The minimum Gasteiger partial charge on any atom is -0.484 e. The molecule has 0 atom stereocenters. The smallest absolute Gasteiger partial charge is 0.422 e. The number of halogens is 3. The second-order valence-corrected chi connectivity index (χ2v) is 7.48. The lowest BCUT2D eigenvalue weighted by atomic mass is 9.98. The van der Waals surface area contributed by atoms with Crippen molar-refractivity contribution in [3.05, 3.63) is 53.6 Å². The molecule has 0 unspecified atom stereocenters. The molecule has 3 rings (SSSR count). The molecule has 0 radical (unpaired) electrons. The molecule has 0 saturated carbocycles. The number of guanidine groups is 1. The number of benzene rings is 2. The largest absolute Gasteiger partial charge is 0.484 e. The highest BCUT2D eigenvalue weighted by atomic mass is 19.4. The summed E-state index contributed by atoms with van der Waals surface area (Å²) < 4.78 is 42.0. The number of nitrogens with zero attached hydrogens (tertiary/aromatic N) is 1. The van der Waals surface area contributed by atoms with Gasteiger partial charge in [0.2, 0.25) is 0 Å². The average Bonchev–Trinajstić information content (AvgIpc) is 2.73. The van der Waals surface area contributed by atoms with E-state index in [0.717, 1.165) is 24.2 Å². The SMILES string of the molecule is CC(C)c1cc(C(=O)NC2=NCCCN2)ccc1Nc1cccc(OCC(F)(F)F)c1. The van der Waals surface area contributed by atoms with Gasteiger partial charge in [-0.2, -0.15) is 13.2 Å². The van der Waals surface area contributed by atoms with E-state index in [0.29, 0.717) is 23.8 Å². The van der Waals surface area contributed by atoms with Crippen LogP contribution in [0.5, 0.6) is 5.75 Å². The van der Waals surface area contributed by atoms with Crippen molar-refractivity contribution in [3.8, 4) is 5.75 Å². The molecule has 1 heterocycles. The predicted molar refractivity (Wildman–Crippen MR) is 114 cm³/mol. The summed E-state index contributed by atoms with van der Waals surface area (Å²) in [6.45, 7) is 4.09. The molecular formula is C22H25F3N4O2. The molecule has 3 N–H and O–H groups in total. The van der Waals surface area contributed by atoms with Crippen molar-refractivity contribution >= 4 is 23.2 Å². The summed E-state index contributed by atoms with van der Waals surface area (Å²) >= 11 is 0. The number of anilines is 2. The third-order valence-corrected chi connectivity index (χ3v) is 4.58. The Morgan fingerprint density at radius 1 is 1.23 bits per heavy atom. The number of hydrogen-bond acceptors (Lipinski definition) is 5. The molecule has 0 aliphatic carbocycles. The molecule has 2 aromatic carbocycles. The summed E-state index contributed by atoms with van der Waals surface area (Å²) in [7, 11) is 0. The highest BCUT2D eigenvalue weighted by molar-refractivity contribution is 6.06.